The predicted molar refractivity (Wildman–Crippen MR) is 118 cm³/mol. The zero-order valence-electron chi connectivity index (χ0n) is 17.8. The van der Waals surface area contributed by atoms with E-state index in [-0.39, 0.29) is 24.5 Å². The van der Waals surface area contributed by atoms with Crippen molar-refractivity contribution in [1.82, 2.24) is 0 Å². The van der Waals surface area contributed by atoms with Crippen LogP contribution in [0.5, 0.6) is 11.5 Å². The monoisotopic (exact) mass is 438 g/mol. The van der Waals surface area contributed by atoms with Gasteiger partial charge in [0.2, 0.25) is 11.2 Å². The van der Waals surface area contributed by atoms with Crippen LogP contribution in [-0.2, 0) is 22.6 Å². The van der Waals surface area contributed by atoms with Crippen molar-refractivity contribution in [3.05, 3.63) is 93.5 Å². The molecule has 1 heterocycles. The lowest BCUT2D eigenvalue weighted by Gasteiger charge is -2.18. The highest BCUT2D eigenvalue weighted by Gasteiger charge is 2.26. The lowest BCUT2D eigenvalue weighted by atomic mass is 9.92. The van der Waals surface area contributed by atoms with Crippen LogP contribution in [0.15, 0.2) is 69.9 Å². The van der Waals surface area contributed by atoms with Gasteiger partial charge in [0.05, 0.1) is 25.6 Å². The Labute approximate surface area is 185 Å². The van der Waals surface area contributed by atoms with Gasteiger partial charge in [-0.3, -0.25) is 9.59 Å². The Morgan fingerprint density at radius 2 is 1.81 bits per heavy atom. The number of benzene rings is 2. The fourth-order valence-corrected chi connectivity index (χ4v) is 3.35. The van der Waals surface area contributed by atoms with Crippen LogP contribution in [0.4, 0.5) is 0 Å². The lowest BCUT2D eigenvalue weighted by molar-refractivity contribution is -0.143. The number of aliphatic hydroxyl groups is 1. The molecule has 7 nitrogen and oxygen atoms in total. The molecule has 0 fully saturated rings. The van der Waals surface area contributed by atoms with Gasteiger partial charge in [0.1, 0.15) is 18.1 Å². The number of hydrogen-bond donors (Lipinski definition) is 2. The molecule has 0 saturated heterocycles. The Morgan fingerprint density at radius 1 is 1.09 bits per heavy atom. The maximum atomic E-state index is 12.2. The van der Waals surface area contributed by atoms with Crippen LogP contribution in [0.2, 0.25) is 0 Å². The normalized spacial score (nSPS) is 11.7. The molecule has 0 saturated carbocycles. The van der Waals surface area contributed by atoms with Crippen LogP contribution >= 0.6 is 0 Å². The Morgan fingerprint density at radius 3 is 2.47 bits per heavy atom. The van der Waals surface area contributed by atoms with Gasteiger partial charge in [0.25, 0.3) is 0 Å². The summed E-state index contributed by atoms with van der Waals surface area (Å²) in [7, 11) is 0. The van der Waals surface area contributed by atoms with Crippen molar-refractivity contribution in [2.45, 2.75) is 32.3 Å². The number of hydrogen-bond acceptors (Lipinski definition) is 7. The molecular weight excluding hydrogens is 412 g/mol. The summed E-state index contributed by atoms with van der Waals surface area (Å²) < 4.78 is 16.4. The molecule has 0 aliphatic rings. The van der Waals surface area contributed by atoms with Gasteiger partial charge >= 0.3 is 5.97 Å². The third kappa shape index (κ3) is 5.98. The zero-order valence-corrected chi connectivity index (χ0v) is 17.8. The van der Waals surface area contributed by atoms with Crippen molar-refractivity contribution in [3.63, 3.8) is 0 Å². The average molecular weight is 438 g/mol. The molecule has 1 aromatic heterocycles. The summed E-state index contributed by atoms with van der Waals surface area (Å²) in [6.07, 6.45) is 0.620. The van der Waals surface area contributed by atoms with E-state index in [4.69, 9.17) is 13.9 Å². The van der Waals surface area contributed by atoms with Crippen molar-refractivity contribution in [3.8, 4) is 11.5 Å². The minimum atomic E-state index is -0.772. The van der Waals surface area contributed by atoms with Crippen molar-refractivity contribution >= 4 is 5.97 Å². The lowest BCUT2D eigenvalue weighted by Crippen LogP contribution is -2.15. The molecule has 7 heteroatoms. The van der Waals surface area contributed by atoms with Crippen LogP contribution in [0.3, 0.4) is 0 Å². The van der Waals surface area contributed by atoms with Gasteiger partial charge in [-0.1, -0.05) is 42.5 Å². The molecule has 3 aromatic rings. The molecule has 3 rings (SSSR count). The van der Waals surface area contributed by atoms with Crippen LogP contribution in [0.25, 0.3) is 0 Å². The second kappa shape index (κ2) is 11.2. The molecule has 32 heavy (non-hydrogen) atoms. The van der Waals surface area contributed by atoms with Gasteiger partial charge in [-0.25, -0.2) is 0 Å². The number of esters is 1. The second-order valence-electron chi connectivity index (χ2n) is 7.16. The summed E-state index contributed by atoms with van der Waals surface area (Å²) >= 11 is 0. The minimum Gasteiger partial charge on any atom is -0.502 e. The van der Waals surface area contributed by atoms with Gasteiger partial charge in [0.15, 0.2) is 5.76 Å². The largest absolute Gasteiger partial charge is 0.502 e. The first-order chi connectivity index (χ1) is 15.5. The van der Waals surface area contributed by atoms with Gasteiger partial charge in [-0.05, 0) is 30.2 Å². The van der Waals surface area contributed by atoms with Gasteiger partial charge in [-0.15, -0.1) is 0 Å². The van der Waals surface area contributed by atoms with Crippen molar-refractivity contribution in [2.24, 2.45) is 0 Å². The fourth-order valence-electron chi connectivity index (χ4n) is 3.35. The van der Waals surface area contributed by atoms with Crippen LogP contribution < -0.4 is 10.2 Å². The van der Waals surface area contributed by atoms with Crippen molar-refractivity contribution in [2.75, 3.05) is 13.2 Å². The maximum absolute atomic E-state index is 12.2. The Bertz CT molecular complexity index is 1070. The molecule has 0 spiro atoms. The average Bonchev–Trinajstić information content (AvgIpc) is 2.81. The van der Waals surface area contributed by atoms with E-state index >= 15 is 0 Å². The first-order valence-corrected chi connectivity index (χ1v) is 10.4. The Balaban J connectivity index is 1.81. The molecule has 168 valence electrons. The fraction of sp³-hybridized carbons (Fsp3) is 0.280. The molecule has 0 amide bonds. The third-order valence-electron chi connectivity index (χ3n) is 4.93. The highest BCUT2D eigenvalue weighted by atomic mass is 16.5. The van der Waals surface area contributed by atoms with E-state index in [1.54, 1.807) is 31.2 Å². The van der Waals surface area contributed by atoms with E-state index in [9.17, 15) is 19.8 Å². The van der Waals surface area contributed by atoms with Gasteiger partial charge in [-0.2, -0.15) is 0 Å². The Hall–Kier alpha value is -3.58. The molecule has 1 atom stereocenters. The number of aromatic hydroxyl groups is 1. The van der Waals surface area contributed by atoms with E-state index in [1.165, 1.54) is 5.56 Å². The Kier molecular flexibility index (Phi) is 8.05. The topological polar surface area (TPSA) is 106 Å². The number of carbonyl (C=O) groups excluding carboxylic acids is 1. The van der Waals surface area contributed by atoms with Crippen molar-refractivity contribution < 1.29 is 28.9 Å². The summed E-state index contributed by atoms with van der Waals surface area (Å²) in [5, 5.41) is 19.7. The quantitative estimate of drug-likeness (QED) is 0.466. The molecule has 0 bridgehead atoms. The molecule has 2 N–H and O–H groups in total. The summed E-state index contributed by atoms with van der Waals surface area (Å²) in [4.78, 5) is 24.3. The predicted octanol–water partition coefficient (Wildman–Crippen LogP) is 3.54. The molecule has 0 aliphatic carbocycles. The second-order valence-corrected chi connectivity index (χ2v) is 7.16. The highest BCUT2D eigenvalue weighted by molar-refractivity contribution is 5.71. The van der Waals surface area contributed by atoms with E-state index < -0.39 is 29.7 Å². The van der Waals surface area contributed by atoms with Gasteiger partial charge in [0, 0.05) is 12.5 Å². The SMILES string of the molecule is CCOC(=O)CC(c1ccc(OCCc2ccccc2)cc1)c1oc(CO)cc(=O)c1O. The van der Waals surface area contributed by atoms with E-state index in [0.29, 0.717) is 17.9 Å². The minimum absolute atomic E-state index is 0.00229. The zero-order chi connectivity index (χ0) is 22.9. The summed E-state index contributed by atoms with van der Waals surface area (Å²) in [5.74, 6) is -1.32. The summed E-state index contributed by atoms with van der Waals surface area (Å²) in [6, 6.07) is 18.0. The molecule has 1 unspecified atom stereocenters. The third-order valence-corrected chi connectivity index (χ3v) is 4.93. The first-order valence-electron chi connectivity index (χ1n) is 10.4. The van der Waals surface area contributed by atoms with E-state index in [2.05, 4.69) is 0 Å². The first kappa shape index (κ1) is 23.1. The number of carbonyl (C=O) groups is 1. The van der Waals surface area contributed by atoms with Crippen LogP contribution in [-0.4, -0.2) is 29.4 Å². The number of rotatable bonds is 10. The standard InChI is InChI=1S/C25H26O7/c1-2-30-23(28)15-21(25-24(29)22(27)14-20(16-26)32-25)18-8-10-19(11-9-18)31-13-12-17-6-4-3-5-7-17/h3-11,14,21,26,29H,2,12-13,15-16H2,1H3. The van der Waals surface area contributed by atoms with E-state index in [0.717, 1.165) is 12.5 Å². The molecule has 0 radical (unpaired) electrons. The van der Waals surface area contributed by atoms with E-state index in [1.807, 2.05) is 30.3 Å². The number of aliphatic hydroxyl groups excluding tert-OH is 1. The molecular formula is C25H26O7. The molecule has 2 aromatic carbocycles. The maximum Gasteiger partial charge on any atom is 0.306 e. The molecule has 0 aliphatic heterocycles. The highest BCUT2D eigenvalue weighted by Crippen LogP contribution is 2.34. The van der Waals surface area contributed by atoms with Crippen LogP contribution in [0.1, 0.15) is 41.9 Å². The number of ether oxygens (including phenoxy) is 2. The van der Waals surface area contributed by atoms with Gasteiger partial charge < -0.3 is 24.1 Å². The smallest absolute Gasteiger partial charge is 0.306 e. The summed E-state index contributed by atoms with van der Waals surface area (Å²) in [5.41, 5.74) is 1.11. The summed E-state index contributed by atoms with van der Waals surface area (Å²) in [6.45, 7) is 1.89. The van der Waals surface area contributed by atoms with Crippen LogP contribution in [0, 0.1) is 0 Å². The van der Waals surface area contributed by atoms with Crippen molar-refractivity contribution in [1.29, 1.82) is 0 Å².